The molecule has 7 heteroatoms. The maximum Gasteiger partial charge on any atom is 0.336 e. The molecule has 2 heterocycles. The number of aromatic nitrogens is 1. The highest BCUT2D eigenvalue weighted by atomic mass is 16.4. The summed E-state index contributed by atoms with van der Waals surface area (Å²) in [7, 11) is 0. The molecule has 2 N–H and O–H groups in total. The molecule has 16 heavy (non-hydrogen) atoms. The number of carbonyl (C=O) groups is 2. The minimum absolute atomic E-state index is 0.0455. The van der Waals surface area contributed by atoms with Crippen LogP contribution in [-0.2, 0) is 0 Å². The number of hydrogen-bond acceptors (Lipinski definition) is 4. The van der Waals surface area contributed by atoms with Gasteiger partial charge in [0.25, 0.3) is 5.89 Å². The molecule has 1 aromatic heterocycles. The second-order valence-electron chi connectivity index (χ2n) is 3.45. The molecule has 7 nitrogen and oxygen atoms in total. The lowest BCUT2D eigenvalue weighted by atomic mass is 10.3. The van der Waals surface area contributed by atoms with Gasteiger partial charge < -0.3 is 9.73 Å². The van der Waals surface area contributed by atoms with E-state index in [-0.39, 0.29) is 11.9 Å². The third-order valence-electron chi connectivity index (χ3n) is 2.13. The molecule has 1 aliphatic rings. The van der Waals surface area contributed by atoms with Crippen LogP contribution < -0.4 is 10.7 Å². The number of hydrazine groups is 1. The normalized spacial score (nSPS) is 15.8. The second kappa shape index (κ2) is 4.21. The van der Waals surface area contributed by atoms with Crippen molar-refractivity contribution in [2.24, 2.45) is 0 Å². The number of hydrogen-bond donors (Lipinski definition) is 2. The maximum absolute atomic E-state index is 11.6. The van der Waals surface area contributed by atoms with Crippen molar-refractivity contribution in [2.75, 3.05) is 13.1 Å². The average Bonchev–Trinajstić information content (AvgIpc) is 2.68. The first kappa shape index (κ1) is 10.5. The van der Waals surface area contributed by atoms with Crippen LogP contribution in [0.1, 0.15) is 22.9 Å². The lowest BCUT2D eigenvalue weighted by Gasteiger charge is -2.26. The second-order valence-corrected chi connectivity index (χ2v) is 3.45. The zero-order valence-electron chi connectivity index (χ0n) is 8.82. The summed E-state index contributed by atoms with van der Waals surface area (Å²) in [5.74, 6) is -0.0192. The van der Waals surface area contributed by atoms with Crippen LogP contribution in [-0.4, -0.2) is 35.0 Å². The zero-order chi connectivity index (χ0) is 11.5. The molecule has 3 amide bonds. The Labute approximate surface area is 91.8 Å². The smallest absolute Gasteiger partial charge is 0.336 e. The van der Waals surface area contributed by atoms with Gasteiger partial charge >= 0.3 is 11.9 Å². The highest BCUT2D eigenvalue weighted by Gasteiger charge is 2.22. The highest BCUT2D eigenvalue weighted by molar-refractivity contribution is 5.91. The first-order valence-corrected chi connectivity index (χ1v) is 4.95. The van der Waals surface area contributed by atoms with Crippen molar-refractivity contribution in [3.8, 4) is 0 Å². The average molecular weight is 224 g/mol. The fourth-order valence-corrected chi connectivity index (χ4v) is 1.37. The number of amides is 3. The fraction of sp³-hybridized carbons (Fsp3) is 0.444. The summed E-state index contributed by atoms with van der Waals surface area (Å²) in [5, 5.41) is 3.83. The molecule has 1 saturated heterocycles. The molecule has 1 aromatic rings. The minimum atomic E-state index is -0.523. The Morgan fingerprint density at radius 3 is 3.12 bits per heavy atom. The Bertz CT molecular complexity index is 415. The summed E-state index contributed by atoms with van der Waals surface area (Å²) >= 11 is 0. The largest absolute Gasteiger partial charge is 0.438 e. The van der Waals surface area contributed by atoms with Gasteiger partial charge in [-0.1, -0.05) is 0 Å². The van der Waals surface area contributed by atoms with Crippen molar-refractivity contribution in [1.82, 2.24) is 20.7 Å². The summed E-state index contributed by atoms with van der Waals surface area (Å²) in [4.78, 5) is 26.7. The first-order chi connectivity index (χ1) is 7.66. The molecule has 0 bridgehead atoms. The monoisotopic (exact) mass is 224 g/mol. The van der Waals surface area contributed by atoms with Crippen LogP contribution in [0, 0.1) is 6.92 Å². The molecular formula is C9H12N4O3. The quantitative estimate of drug-likeness (QED) is 0.742. The molecule has 0 radical (unpaired) electrons. The molecule has 0 atom stereocenters. The van der Waals surface area contributed by atoms with Gasteiger partial charge in [0.15, 0.2) is 0 Å². The van der Waals surface area contributed by atoms with E-state index in [9.17, 15) is 9.59 Å². The molecule has 0 aliphatic carbocycles. The lowest BCUT2D eigenvalue weighted by Crippen LogP contribution is -2.54. The molecule has 1 fully saturated rings. The van der Waals surface area contributed by atoms with Gasteiger partial charge in [0.2, 0.25) is 0 Å². The van der Waals surface area contributed by atoms with Crippen molar-refractivity contribution in [3.63, 3.8) is 0 Å². The molecule has 0 aromatic carbocycles. The predicted molar refractivity (Wildman–Crippen MR) is 53.4 cm³/mol. The maximum atomic E-state index is 11.6. The van der Waals surface area contributed by atoms with Gasteiger partial charge in [-0.05, 0) is 13.3 Å². The molecule has 0 saturated carbocycles. The molecule has 2 rings (SSSR count). The van der Waals surface area contributed by atoms with Gasteiger partial charge in [0.05, 0.1) is 6.20 Å². The van der Waals surface area contributed by atoms with Crippen molar-refractivity contribution in [1.29, 1.82) is 0 Å². The Balaban J connectivity index is 1.99. The number of nitrogens with one attached hydrogen (secondary N) is 2. The Morgan fingerprint density at radius 1 is 1.69 bits per heavy atom. The van der Waals surface area contributed by atoms with E-state index in [0.29, 0.717) is 18.8 Å². The fourth-order valence-electron chi connectivity index (χ4n) is 1.37. The molecule has 0 spiro atoms. The molecule has 1 aliphatic heterocycles. The van der Waals surface area contributed by atoms with Crippen LogP contribution in [0.2, 0.25) is 0 Å². The number of carbonyl (C=O) groups excluding carboxylic acids is 2. The number of aryl methyl sites for hydroxylation is 1. The van der Waals surface area contributed by atoms with Crippen molar-refractivity contribution in [2.45, 2.75) is 13.3 Å². The molecule has 0 unspecified atom stereocenters. The summed E-state index contributed by atoms with van der Waals surface area (Å²) in [6.07, 6.45) is 2.24. The van der Waals surface area contributed by atoms with E-state index in [1.165, 1.54) is 11.2 Å². The van der Waals surface area contributed by atoms with Gasteiger partial charge in [-0.25, -0.2) is 14.8 Å². The van der Waals surface area contributed by atoms with E-state index in [4.69, 9.17) is 4.42 Å². The Hall–Kier alpha value is -2.05. The summed E-state index contributed by atoms with van der Waals surface area (Å²) in [6.45, 7) is 2.80. The van der Waals surface area contributed by atoms with E-state index < -0.39 is 5.91 Å². The van der Waals surface area contributed by atoms with Crippen molar-refractivity contribution >= 4 is 11.9 Å². The summed E-state index contributed by atoms with van der Waals surface area (Å²) in [6, 6.07) is -0.317. The van der Waals surface area contributed by atoms with Crippen LogP contribution in [0.4, 0.5) is 4.79 Å². The standard InChI is InChI=1S/C9H12N4O3/c1-6-5-11-8(16-6)7(14)12-13-4-2-3-10-9(13)15/h5H,2-4H2,1H3,(H,10,15)(H,12,14). The van der Waals surface area contributed by atoms with Crippen molar-refractivity contribution < 1.29 is 14.0 Å². The predicted octanol–water partition coefficient (Wildman–Crippen LogP) is 0.0431. The highest BCUT2D eigenvalue weighted by Crippen LogP contribution is 2.02. The lowest BCUT2D eigenvalue weighted by molar-refractivity contribution is 0.0772. The summed E-state index contributed by atoms with van der Waals surface area (Å²) in [5.41, 5.74) is 2.42. The Morgan fingerprint density at radius 2 is 2.50 bits per heavy atom. The zero-order valence-corrected chi connectivity index (χ0v) is 8.82. The van der Waals surface area contributed by atoms with E-state index >= 15 is 0 Å². The van der Waals surface area contributed by atoms with Gasteiger partial charge in [-0.2, -0.15) is 0 Å². The number of rotatable bonds is 2. The van der Waals surface area contributed by atoms with Crippen molar-refractivity contribution in [3.05, 3.63) is 17.8 Å². The Kier molecular flexibility index (Phi) is 2.76. The third-order valence-corrected chi connectivity index (χ3v) is 2.13. The van der Waals surface area contributed by atoms with Gasteiger partial charge in [0.1, 0.15) is 5.76 Å². The van der Waals surface area contributed by atoms with E-state index in [1.54, 1.807) is 6.92 Å². The van der Waals surface area contributed by atoms with Crippen LogP contribution >= 0.6 is 0 Å². The first-order valence-electron chi connectivity index (χ1n) is 4.95. The van der Waals surface area contributed by atoms with Crippen LogP contribution in [0.5, 0.6) is 0 Å². The third kappa shape index (κ3) is 2.13. The van der Waals surface area contributed by atoms with E-state index in [2.05, 4.69) is 15.7 Å². The van der Waals surface area contributed by atoms with E-state index in [1.807, 2.05) is 0 Å². The van der Waals surface area contributed by atoms with Crippen LogP contribution in [0.25, 0.3) is 0 Å². The van der Waals surface area contributed by atoms with Gasteiger partial charge in [-0.3, -0.25) is 10.2 Å². The number of oxazole rings is 1. The summed E-state index contributed by atoms with van der Waals surface area (Å²) < 4.78 is 5.04. The van der Waals surface area contributed by atoms with Crippen LogP contribution in [0.3, 0.4) is 0 Å². The molecule has 86 valence electrons. The minimum Gasteiger partial charge on any atom is -0.438 e. The van der Waals surface area contributed by atoms with E-state index in [0.717, 1.165) is 6.42 Å². The van der Waals surface area contributed by atoms with Gasteiger partial charge in [-0.15, -0.1) is 0 Å². The SMILES string of the molecule is Cc1cnc(C(=O)NN2CCCNC2=O)o1. The van der Waals surface area contributed by atoms with Gasteiger partial charge in [0, 0.05) is 13.1 Å². The molecular weight excluding hydrogens is 212 g/mol. The van der Waals surface area contributed by atoms with Crippen LogP contribution in [0.15, 0.2) is 10.6 Å². The number of nitrogens with zero attached hydrogens (tertiary/aromatic N) is 2. The number of urea groups is 1. The topological polar surface area (TPSA) is 87.5 Å².